The SMILES string of the molecule is CCc1cccc2c(CCCCN)c(-c3ccccc3F)[nH]c12. The Morgan fingerprint density at radius 2 is 1.87 bits per heavy atom. The number of hydrogen-bond acceptors (Lipinski definition) is 1. The molecule has 1 aromatic heterocycles. The summed E-state index contributed by atoms with van der Waals surface area (Å²) in [6, 6.07) is 13.3. The topological polar surface area (TPSA) is 41.8 Å². The van der Waals surface area contributed by atoms with Crippen LogP contribution in [0.15, 0.2) is 42.5 Å². The summed E-state index contributed by atoms with van der Waals surface area (Å²) < 4.78 is 14.3. The summed E-state index contributed by atoms with van der Waals surface area (Å²) in [6.45, 7) is 2.84. The number of aromatic amines is 1. The minimum Gasteiger partial charge on any atom is -0.354 e. The summed E-state index contributed by atoms with van der Waals surface area (Å²) in [5.41, 5.74) is 10.8. The van der Waals surface area contributed by atoms with Gasteiger partial charge < -0.3 is 10.7 Å². The quantitative estimate of drug-likeness (QED) is 0.630. The zero-order chi connectivity index (χ0) is 16.2. The average molecular weight is 310 g/mol. The molecule has 23 heavy (non-hydrogen) atoms. The lowest BCUT2D eigenvalue weighted by atomic mass is 9.99. The molecule has 0 amide bonds. The van der Waals surface area contributed by atoms with Gasteiger partial charge in [0, 0.05) is 16.5 Å². The van der Waals surface area contributed by atoms with Gasteiger partial charge in [0.2, 0.25) is 0 Å². The second kappa shape index (κ2) is 6.97. The largest absolute Gasteiger partial charge is 0.354 e. The highest BCUT2D eigenvalue weighted by atomic mass is 19.1. The van der Waals surface area contributed by atoms with Crippen LogP contribution in [0.5, 0.6) is 0 Å². The van der Waals surface area contributed by atoms with Gasteiger partial charge in [-0.3, -0.25) is 0 Å². The number of unbranched alkanes of at least 4 members (excludes halogenated alkanes) is 1. The van der Waals surface area contributed by atoms with Crippen LogP contribution >= 0.6 is 0 Å². The van der Waals surface area contributed by atoms with Gasteiger partial charge in [-0.2, -0.15) is 0 Å². The van der Waals surface area contributed by atoms with Crippen molar-refractivity contribution < 1.29 is 4.39 Å². The molecule has 3 aromatic rings. The molecule has 2 nitrogen and oxygen atoms in total. The van der Waals surface area contributed by atoms with E-state index in [1.54, 1.807) is 6.07 Å². The lowest BCUT2D eigenvalue weighted by Crippen LogP contribution is -1.99. The van der Waals surface area contributed by atoms with Crippen molar-refractivity contribution in [3.8, 4) is 11.3 Å². The monoisotopic (exact) mass is 310 g/mol. The molecule has 0 radical (unpaired) electrons. The first-order chi connectivity index (χ1) is 11.3. The highest BCUT2D eigenvalue weighted by molar-refractivity contribution is 5.93. The number of fused-ring (bicyclic) bond motifs is 1. The predicted molar refractivity (Wildman–Crippen MR) is 95.1 cm³/mol. The normalized spacial score (nSPS) is 11.3. The van der Waals surface area contributed by atoms with Gasteiger partial charge in [0.1, 0.15) is 5.82 Å². The molecular weight excluding hydrogens is 287 g/mol. The molecule has 0 atom stereocenters. The van der Waals surface area contributed by atoms with E-state index in [0.717, 1.165) is 36.9 Å². The van der Waals surface area contributed by atoms with Gasteiger partial charge in [-0.15, -0.1) is 0 Å². The number of benzene rings is 2. The van der Waals surface area contributed by atoms with Crippen LogP contribution < -0.4 is 5.73 Å². The van der Waals surface area contributed by atoms with Gasteiger partial charge in [-0.05, 0) is 55.5 Å². The van der Waals surface area contributed by atoms with Crippen molar-refractivity contribution in [3.63, 3.8) is 0 Å². The zero-order valence-corrected chi connectivity index (χ0v) is 13.5. The van der Waals surface area contributed by atoms with Crippen LogP contribution in [0.25, 0.3) is 22.2 Å². The van der Waals surface area contributed by atoms with Crippen molar-refractivity contribution in [2.24, 2.45) is 5.73 Å². The lowest BCUT2D eigenvalue weighted by Gasteiger charge is -2.06. The fraction of sp³-hybridized carbons (Fsp3) is 0.300. The van der Waals surface area contributed by atoms with E-state index in [4.69, 9.17) is 5.73 Å². The average Bonchev–Trinajstić information content (AvgIpc) is 2.94. The van der Waals surface area contributed by atoms with Crippen LogP contribution in [0.2, 0.25) is 0 Å². The lowest BCUT2D eigenvalue weighted by molar-refractivity contribution is 0.630. The molecule has 0 saturated carbocycles. The van der Waals surface area contributed by atoms with Gasteiger partial charge in [0.15, 0.2) is 0 Å². The van der Waals surface area contributed by atoms with Gasteiger partial charge in [-0.25, -0.2) is 4.39 Å². The number of aromatic nitrogens is 1. The van der Waals surface area contributed by atoms with E-state index in [1.807, 2.05) is 12.1 Å². The fourth-order valence-corrected chi connectivity index (χ4v) is 3.23. The standard InChI is InChI=1S/C20H23FN2/c1-2-14-8-7-11-15-16(9-5-6-13-22)20(23-19(14)15)17-10-3-4-12-18(17)21/h3-4,7-8,10-12,23H,2,5-6,9,13,22H2,1H3. The van der Waals surface area contributed by atoms with Gasteiger partial charge in [-0.1, -0.05) is 37.3 Å². The number of nitrogens with one attached hydrogen (secondary N) is 1. The molecule has 0 aliphatic rings. The van der Waals surface area contributed by atoms with Crippen LogP contribution in [-0.4, -0.2) is 11.5 Å². The third kappa shape index (κ3) is 3.02. The van der Waals surface area contributed by atoms with E-state index in [9.17, 15) is 4.39 Å². The molecule has 0 aliphatic carbocycles. The summed E-state index contributed by atoms with van der Waals surface area (Å²) in [5, 5.41) is 1.21. The number of rotatable bonds is 6. The fourth-order valence-electron chi connectivity index (χ4n) is 3.23. The van der Waals surface area contributed by atoms with Gasteiger partial charge in [0.05, 0.1) is 5.69 Å². The maximum Gasteiger partial charge on any atom is 0.132 e. The number of H-pyrrole nitrogens is 1. The Morgan fingerprint density at radius 1 is 1.04 bits per heavy atom. The third-order valence-corrected chi connectivity index (χ3v) is 4.43. The van der Waals surface area contributed by atoms with E-state index in [2.05, 4.69) is 30.1 Å². The van der Waals surface area contributed by atoms with Crippen molar-refractivity contribution >= 4 is 10.9 Å². The summed E-state index contributed by atoms with van der Waals surface area (Å²) in [7, 11) is 0. The van der Waals surface area contributed by atoms with Crippen LogP contribution in [0.3, 0.4) is 0 Å². The molecular formula is C20H23FN2. The van der Waals surface area contributed by atoms with Gasteiger partial charge in [0.25, 0.3) is 0 Å². The van der Waals surface area contributed by atoms with Gasteiger partial charge >= 0.3 is 0 Å². The maximum atomic E-state index is 14.3. The van der Waals surface area contributed by atoms with Crippen molar-refractivity contribution in [1.29, 1.82) is 0 Å². The van der Waals surface area contributed by atoms with Crippen molar-refractivity contribution in [2.45, 2.75) is 32.6 Å². The first-order valence-corrected chi connectivity index (χ1v) is 8.33. The molecule has 3 heteroatoms. The molecule has 2 aromatic carbocycles. The van der Waals surface area contributed by atoms with Crippen LogP contribution in [0, 0.1) is 5.82 Å². The number of halogens is 1. The second-order valence-electron chi connectivity index (χ2n) is 5.90. The summed E-state index contributed by atoms with van der Waals surface area (Å²) >= 11 is 0. The van der Waals surface area contributed by atoms with Crippen LogP contribution in [0.4, 0.5) is 4.39 Å². The van der Waals surface area contributed by atoms with Crippen LogP contribution in [0.1, 0.15) is 30.9 Å². The second-order valence-corrected chi connectivity index (χ2v) is 5.90. The Kier molecular flexibility index (Phi) is 4.77. The minimum atomic E-state index is -0.183. The summed E-state index contributed by atoms with van der Waals surface area (Å²) in [4.78, 5) is 3.50. The minimum absolute atomic E-state index is 0.183. The van der Waals surface area contributed by atoms with E-state index < -0.39 is 0 Å². The summed E-state index contributed by atoms with van der Waals surface area (Å²) in [5.74, 6) is -0.183. The molecule has 0 aliphatic heterocycles. The van der Waals surface area contributed by atoms with Crippen LogP contribution in [-0.2, 0) is 12.8 Å². The molecule has 0 bridgehead atoms. The Labute approximate surface area is 136 Å². The molecule has 0 spiro atoms. The third-order valence-electron chi connectivity index (χ3n) is 4.43. The number of hydrogen-bond donors (Lipinski definition) is 2. The number of para-hydroxylation sites is 1. The summed E-state index contributed by atoms with van der Waals surface area (Å²) in [6.07, 6.45) is 3.86. The highest BCUT2D eigenvalue weighted by Gasteiger charge is 2.16. The maximum absolute atomic E-state index is 14.3. The Balaban J connectivity index is 2.19. The smallest absolute Gasteiger partial charge is 0.132 e. The molecule has 3 rings (SSSR count). The molecule has 1 heterocycles. The van der Waals surface area contributed by atoms with E-state index in [1.165, 1.54) is 22.6 Å². The van der Waals surface area contributed by atoms with Crippen molar-refractivity contribution in [3.05, 3.63) is 59.4 Å². The molecule has 0 unspecified atom stereocenters. The Bertz CT molecular complexity index is 805. The van der Waals surface area contributed by atoms with E-state index in [0.29, 0.717) is 12.1 Å². The Morgan fingerprint density at radius 3 is 2.61 bits per heavy atom. The predicted octanol–water partition coefficient (Wildman–Crippen LogP) is 4.82. The van der Waals surface area contributed by atoms with Crippen molar-refractivity contribution in [2.75, 3.05) is 6.54 Å². The number of nitrogens with two attached hydrogens (primary N) is 1. The van der Waals surface area contributed by atoms with E-state index >= 15 is 0 Å². The molecule has 120 valence electrons. The molecule has 0 saturated heterocycles. The van der Waals surface area contributed by atoms with Crippen molar-refractivity contribution in [1.82, 2.24) is 4.98 Å². The zero-order valence-electron chi connectivity index (χ0n) is 13.5. The van der Waals surface area contributed by atoms with E-state index in [-0.39, 0.29) is 5.82 Å². The molecule has 0 fully saturated rings. The first kappa shape index (κ1) is 15.8. The highest BCUT2D eigenvalue weighted by Crippen LogP contribution is 2.34. The number of aryl methyl sites for hydroxylation is 2. The first-order valence-electron chi connectivity index (χ1n) is 8.33. The molecule has 3 N–H and O–H groups in total. The Hall–Kier alpha value is -2.13.